The van der Waals surface area contributed by atoms with Crippen molar-refractivity contribution in [1.82, 2.24) is 0 Å². The number of benzene rings is 11. The lowest BCUT2D eigenvalue weighted by Gasteiger charge is -2.28. The molecule has 0 aromatic heterocycles. The number of hydrogen-bond acceptors (Lipinski definition) is 2. The monoisotopic (exact) mass is 881 g/mol. The molecule has 11 aromatic rings. The van der Waals surface area contributed by atoms with Crippen LogP contribution in [0.25, 0.3) is 88.7 Å². The Balaban J connectivity index is 0.843. The number of para-hydroxylation sites is 1. The third-order valence-electron chi connectivity index (χ3n) is 14.5. The minimum Gasteiger partial charge on any atom is -0.455 e. The number of hydrogen-bond donors (Lipinski definition) is 0. The molecule has 0 amide bonds. The lowest BCUT2D eigenvalue weighted by Crippen LogP contribution is -2.16. The molecule has 0 spiro atoms. The van der Waals surface area contributed by atoms with Gasteiger partial charge in [0, 0.05) is 39.2 Å². The van der Waals surface area contributed by atoms with E-state index < -0.39 is 0 Å². The molecule has 0 bridgehead atoms. The molecule has 2 heteroatoms. The standard InChI is InChI=1S/C67H47NO/c1-67(2)63-23-12-11-20-57(63)58-39-37-55(43-64(58)67)68(53-33-28-46(29-34-53)44-14-5-3-6-15-44)54-35-30-47(31-36-54)45-24-26-48(27-25-45)52-32-38-59-61-40-50-18-9-10-19-51(50)41-62(61)60-22-13-21-56(49-16-7-4-8-17-49)66(60)69-65(59)42-52/h3-43H,1-2H3. The van der Waals surface area contributed by atoms with E-state index in [1.165, 1.54) is 55.3 Å². The molecular formula is C67H47NO. The van der Waals surface area contributed by atoms with Gasteiger partial charge in [-0.05, 0) is 144 Å². The SMILES string of the molecule is CC1(C)c2ccccc2-c2ccc(N(c3ccc(-c4ccccc4)cc3)c3ccc(-c4ccc(-c5ccc6c(c5)Oc5c(-c7ccccc7)cccc5-c5cc7ccccc7cc5-6)cc4)cc3)cc21. The predicted molar refractivity (Wildman–Crippen MR) is 289 cm³/mol. The number of ether oxygens (including phenoxy) is 1. The van der Waals surface area contributed by atoms with Crippen molar-refractivity contribution in [3.8, 4) is 89.4 Å². The van der Waals surface area contributed by atoms with Gasteiger partial charge in [0.1, 0.15) is 11.5 Å². The minimum atomic E-state index is -0.107. The summed E-state index contributed by atoms with van der Waals surface area (Å²) in [6, 6.07) is 90.4. The van der Waals surface area contributed by atoms with Gasteiger partial charge in [-0.3, -0.25) is 0 Å². The summed E-state index contributed by atoms with van der Waals surface area (Å²) < 4.78 is 7.12. The topological polar surface area (TPSA) is 12.5 Å². The van der Waals surface area contributed by atoms with E-state index in [0.29, 0.717) is 0 Å². The van der Waals surface area contributed by atoms with Crippen LogP contribution in [0.1, 0.15) is 25.0 Å². The summed E-state index contributed by atoms with van der Waals surface area (Å²) in [5.74, 6) is 1.73. The van der Waals surface area contributed by atoms with Crippen molar-refractivity contribution in [2.75, 3.05) is 4.90 Å². The Morgan fingerprint density at radius 3 is 1.39 bits per heavy atom. The molecule has 1 heterocycles. The zero-order chi connectivity index (χ0) is 46.1. The largest absolute Gasteiger partial charge is 0.455 e. The van der Waals surface area contributed by atoms with E-state index in [1.807, 2.05) is 0 Å². The van der Waals surface area contributed by atoms with Crippen LogP contribution in [0.15, 0.2) is 249 Å². The van der Waals surface area contributed by atoms with Gasteiger partial charge in [-0.15, -0.1) is 0 Å². The second kappa shape index (κ2) is 16.3. The number of rotatable bonds is 7. The van der Waals surface area contributed by atoms with E-state index in [2.05, 4.69) is 267 Å². The van der Waals surface area contributed by atoms with Crippen LogP contribution < -0.4 is 9.64 Å². The molecule has 0 fully saturated rings. The number of fused-ring (bicyclic) bond motifs is 9. The molecular weight excluding hydrogens is 835 g/mol. The maximum atomic E-state index is 7.12. The fraction of sp³-hybridized carbons (Fsp3) is 0.0448. The van der Waals surface area contributed by atoms with Gasteiger partial charge in [0.25, 0.3) is 0 Å². The van der Waals surface area contributed by atoms with Crippen LogP contribution in [0, 0.1) is 0 Å². The van der Waals surface area contributed by atoms with Gasteiger partial charge < -0.3 is 9.64 Å². The van der Waals surface area contributed by atoms with Crippen LogP contribution in [0.4, 0.5) is 17.1 Å². The second-order valence-electron chi connectivity index (χ2n) is 18.9. The second-order valence-corrected chi connectivity index (χ2v) is 18.9. The molecule has 1 aliphatic carbocycles. The quantitative estimate of drug-likeness (QED) is 0.158. The molecule has 2 aliphatic rings. The van der Waals surface area contributed by atoms with Crippen LogP contribution in [0.5, 0.6) is 11.5 Å². The molecule has 0 unspecified atom stereocenters. The first-order valence-electron chi connectivity index (χ1n) is 23.9. The zero-order valence-electron chi connectivity index (χ0n) is 38.5. The third-order valence-corrected chi connectivity index (χ3v) is 14.5. The molecule has 2 nitrogen and oxygen atoms in total. The highest BCUT2D eigenvalue weighted by Crippen LogP contribution is 2.53. The predicted octanol–water partition coefficient (Wildman–Crippen LogP) is 18.7. The van der Waals surface area contributed by atoms with Crippen molar-refractivity contribution in [2.45, 2.75) is 19.3 Å². The molecule has 0 saturated carbocycles. The third kappa shape index (κ3) is 6.95. The molecule has 1 aliphatic heterocycles. The Morgan fingerprint density at radius 1 is 0.290 bits per heavy atom. The molecule has 0 atom stereocenters. The highest BCUT2D eigenvalue weighted by atomic mass is 16.5. The average molecular weight is 882 g/mol. The lowest BCUT2D eigenvalue weighted by atomic mass is 9.82. The van der Waals surface area contributed by atoms with Crippen molar-refractivity contribution in [2.24, 2.45) is 0 Å². The van der Waals surface area contributed by atoms with E-state index in [1.54, 1.807) is 0 Å². The summed E-state index contributed by atoms with van der Waals surface area (Å²) in [5.41, 5.74) is 22.3. The molecule has 13 rings (SSSR count). The van der Waals surface area contributed by atoms with Crippen LogP contribution in [-0.2, 0) is 5.41 Å². The van der Waals surface area contributed by atoms with Crippen molar-refractivity contribution in [1.29, 1.82) is 0 Å². The van der Waals surface area contributed by atoms with Crippen LogP contribution in [0.2, 0.25) is 0 Å². The van der Waals surface area contributed by atoms with Gasteiger partial charge in [-0.2, -0.15) is 0 Å². The van der Waals surface area contributed by atoms with Crippen molar-refractivity contribution in [3.05, 3.63) is 260 Å². The summed E-state index contributed by atoms with van der Waals surface area (Å²) in [4.78, 5) is 2.39. The van der Waals surface area contributed by atoms with E-state index >= 15 is 0 Å². The summed E-state index contributed by atoms with van der Waals surface area (Å²) >= 11 is 0. The smallest absolute Gasteiger partial charge is 0.143 e. The fourth-order valence-electron chi connectivity index (χ4n) is 10.9. The van der Waals surface area contributed by atoms with Gasteiger partial charge >= 0.3 is 0 Å². The lowest BCUT2D eigenvalue weighted by molar-refractivity contribution is 0.490. The van der Waals surface area contributed by atoms with Crippen molar-refractivity contribution >= 4 is 27.8 Å². The van der Waals surface area contributed by atoms with E-state index in [0.717, 1.165) is 73.1 Å². The molecule has 0 radical (unpaired) electrons. The van der Waals surface area contributed by atoms with Crippen LogP contribution in [-0.4, -0.2) is 0 Å². The summed E-state index contributed by atoms with van der Waals surface area (Å²) in [6.45, 7) is 4.70. The summed E-state index contributed by atoms with van der Waals surface area (Å²) in [7, 11) is 0. The van der Waals surface area contributed by atoms with Crippen LogP contribution >= 0.6 is 0 Å². The maximum absolute atomic E-state index is 7.12. The zero-order valence-corrected chi connectivity index (χ0v) is 38.5. The Hall–Kier alpha value is -8.72. The van der Waals surface area contributed by atoms with Crippen molar-refractivity contribution < 1.29 is 4.74 Å². The molecule has 0 N–H and O–H groups in total. The van der Waals surface area contributed by atoms with E-state index in [-0.39, 0.29) is 5.41 Å². The van der Waals surface area contributed by atoms with E-state index in [4.69, 9.17) is 4.74 Å². The molecule has 69 heavy (non-hydrogen) atoms. The van der Waals surface area contributed by atoms with Gasteiger partial charge in [-0.25, -0.2) is 0 Å². The Morgan fingerprint density at radius 2 is 0.739 bits per heavy atom. The Bertz CT molecular complexity index is 3740. The first-order chi connectivity index (χ1) is 33.9. The van der Waals surface area contributed by atoms with Gasteiger partial charge in [-0.1, -0.05) is 202 Å². The van der Waals surface area contributed by atoms with Crippen LogP contribution in [0.3, 0.4) is 0 Å². The molecule has 0 saturated heterocycles. The first kappa shape index (κ1) is 40.5. The summed E-state index contributed by atoms with van der Waals surface area (Å²) in [5, 5.41) is 2.42. The van der Waals surface area contributed by atoms with Crippen molar-refractivity contribution in [3.63, 3.8) is 0 Å². The normalized spacial score (nSPS) is 12.7. The molecule has 326 valence electrons. The molecule has 11 aromatic carbocycles. The fourth-order valence-corrected chi connectivity index (χ4v) is 10.9. The van der Waals surface area contributed by atoms with Gasteiger partial charge in [0.05, 0.1) is 0 Å². The minimum absolute atomic E-state index is 0.107. The number of nitrogens with zero attached hydrogens (tertiary/aromatic N) is 1. The maximum Gasteiger partial charge on any atom is 0.143 e. The highest BCUT2D eigenvalue weighted by molar-refractivity contribution is 6.01. The first-order valence-corrected chi connectivity index (χ1v) is 23.9. The van der Waals surface area contributed by atoms with E-state index in [9.17, 15) is 0 Å². The Labute approximate surface area is 404 Å². The average Bonchev–Trinajstić information content (AvgIpc) is 3.54. The highest BCUT2D eigenvalue weighted by Gasteiger charge is 2.36. The number of anilines is 3. The Kier molecular flexibility index (Phi) is 9.55. The van der Waals surface area contributed by atoms with Gasteiger partial charge in [0.2, 0.25) is 0 Å². The van der Waals surface area contributed by atoms with Gasteiger partial charge in [0.15, 0.2) is 0 Å². The summed E-state index contributed by atoms with van der Waals surface area (Å²) in [6.07, 6.45) is 0.